The van der Waals surface area contributed by atoms with Gasteiger partial charge in [0.15, 0.2) is 0 Å². The van der Waals surface area contributed by atoms with E-state index in [0.717, 1.165) is 27.9 Å². The number of aryl methyl sites for hydroxylation is 1. The van der Waals surface area contributed by atoms with Gasteiger partial charge in [-0.2, -0.15) is 0 Å². The molecule has 1 N–H and O–H groups in total. The molecule has 0 spiro atoms. The number of pyridine rings is 1. The van der Waals surface area contributed by atoms with Crippen LogP contribution in [0.4, 0.5) is 0 Å². The number of aliphatic hydroxyl groups excluding tert-OH is 1. The summed E-state index contributed by atoms with van der Waals surface area (Å²) in [6.45, 7) is 1.96. The molecule has 0 aliphatic rings. The number of aliphatic hydroxyl groups is 1. The SMILES string of the molecule is Cc1cc(Oc2cccc(CO)c2)c2ccccc2n1. The zero-order valence-electron chi connectivity index (χ0n) is 11.2. The lowest BCUT2D eigenvalue weighted by Gasteiger charge is -2.10. The average molecular weight is 265 g/mol. The van der Waals surface area contributed by atoms with E-state index >= 15 is 0 Å². The van der Waals surface area contributed by atoms with E-state index in [0.29, 0.717) is 5.75 Å². The quantitative estimate of drug-likeness (QED) is 0.782. The van der Waals surface area contributed by atoms with Crippen molar-refractivity contribution in [3.05, 3.63) is 65.9 Å². The third-order valence-corrected chi connectivity index (χ3v) is 3.12. The number of fused-ring (bicyclic) bond motifs is 1. The van der Waals surface area contributed by atoms with Gasteiger partial charge in [-0.1, -0.05) is 24.3 Å². The fourth-order valence-electron chi connectivity index (χ4n) is 2.19. The van der Waals surface area contributed by atoms with E-state index in [2.05, 4.69) is 4.98 Å². The number of para-hydroxylation sites is 1. The van der Waals surface area contributed by atoms with Crippen LogP contribution >= 0.6 is 0 Å². The summed E-state index contributed by atoms with van der Waals surface area (Å²) in [6, 6.07) is 17.3. The predicted octanol–water partition coefficient (Wildman–Crippen LogP) is 3.83. The Hall–Kier alpha value is -2.39. The standard InChI is InChI=1S/C17H15NO2/c1-12-9-17(15-7-2-3-8-16(15)18-12)20-14-6-4-5-13(10-14)11-19/h2-10,19H,11H2,1H3. The Morgan fingerprint density at radius 2 is 1.90 bits per heavy atom. The minimum absolute atomic E-state index is 0.00726. The van der Waals surface area contributed by atoms with Crippen LogP contribution < -0.4 is 4.74 Å². The number of hydrogen-bond acceptors (Lipinski definition) is 3. The lowest BCUT2D eigenvalue weighted by Crippen LogP contribution is -1.91. The normalized spacial score (nSPS) is 10.7. The van der Waals surface area contributed by atoms with E-state index in [1.165, 1.54) is 0 Å². The van der Waals surface area contributed by atoms with Crippen LogP contribution in [0.1, 0.15) is 11.3 Å². The molecule has 3 aromatic rings. The molecule has 2 aromatic carbocycles. The largest absolute Gasteiger partial charge is 0.457 e. The Labute approximate surface area is 117 Å². The van der Waals surface area contributed by atoms with Gasteiger partial charge in [-0.3, -0.25) is 4.98 Å². The van der Waals surface area contributed by atoms with Crippen molar-refractivity contribution >= 4 is 10.9 Å². The van der Waals surface area contributed by atoms with Crippen LogP contribution in [0.25, 0.3) is 10.9 Å². The van der Waals surface area contributed by atoms with Gasteiger partial charge in [-0.15, -0.1) is 0 Å². The fraction of sp³-hybridized carbons (Fsp3) is 0.118. The maximum atomic E-state index is 9.18. The molecule has 0 bridgehead atoms. The molecular formula is C17H15NO2. The number of aromatic nitrogens is 1. The maximum Gasteiger partial charge on any atom is 0.138 e. The van der Waals surface area contributed by atoms with Gasteiger partial charge < -0.3 is 9.84 Å². The average Bonchev–Trinajstić information content (AvgIpc) is 2.47. The van der Waals surface area contributed by atoms with Crippen molar-refractivity contribution in [1.29, 1.82) is 0 Å². The van der Waals surface area contributed by atoms with Gasteiger partial charge in [-0.25, -0.2) is 0 Å². The van der Waals surface area contributed by atoms with Crippen molar-refractivity contribution in [3.8, 4) is 11.5 Å². The zero-order valence-corrected chi connectivity index (χ0v) is 11.2. The summed E-state index contributed by atoms with van der Waals surface area (Å²) in [4.78, 5) is 4.49. The van der Waals surface area contributed by atoms with Crippen molar-refractivity contribution in [2.45, 2.75) is 13.5 Å². The van der Waals surface area contributed by atoms with E-state index in [9.17, 15) is 5.11 Å². The molecule has 0 amide bonds. The lowest BCUT2D eigenvalue weighted by atomic mass is 10.2. The van der Waals surface area contributed by atoms with Gasteiger partial charge in [0.05, 0.1) is 12.1 Å². The Bertz CT molecular complexity index is 753. The molecule has 0 aliphatic heterocycles. The van der Waals surface area contributed by atoms with E-state index < -0.39 is 0 Å². The molecule has 100 valence electrons. The van der Waals surface area contributed by atoms with Crippen LogP contribution in [0.2, 0.25) is 0 Å². The first-order valence-electron chi connectivity index (χ1n) is 6.50. The molecule has 0 aliphatic carbocycles. The number of benzene rings is 2. The molecule has 20 heavy (non-hydrogen) atoms. The summed E-state index contributed by atoms with van der Waals surface area (Å²) in [6.07, 6.45) is 0. The Kier molecular flexibility index (Phi) is 3.35. The fourth-order valence-corrected chi connectivity index (χ4v) is 2.19. The molecule has 0 unspecified atom stereocenters. The first-order valence-corrected chi connectivity index (χ1v) is 6.50. The number of ether oxygens (including phenoxy) is 1. The van der Waals surface area contributed by atoms with Gasteiger partial charge in [0, 0.05) is 17.1 Å². The van der Waals surface area contributed by atoms with Crippen LogP contribution in [0.5, 0.6) is 11.5 Å². The van der Waals surface area contributed by atoms with Crippen LogP contribution in [0.15, 0.2) is 54.6 Å². The van der Waals surface area contributed by atoms with Crippen molar-refractivity contribution in [2.75, 3.05) is 0 Å². The van der Waals surface area contributed by atoms with Gasteiger partial charge in [0.1, 0.15) is 11.5 Å². The second-order valence-electron chi connectivity index (χ2n) is 4.69. The summed E-state index contributed by atoms with van der Waals surface area (Å²) < 4.78 is 5.96. The molecule has 0 radical (unpaired) electrons. The second kappa shape index (κ2) is 5.31. The summed E-state index contributed by atoms with van der Waals surface area (Å²) in [5, 5.41) is 10.2. The van der Waals surface area contributed by atoms with Crippen molar-refractivity contribution in [2.24, 2.45) is 0 Å². The van der Waals surface area contributed by atoms with Crippen LogP contribution in [0, 0.1) is 6.92 Å². The number of rotatable bonds is 3. The third kappa shape index (κ3) is 2.49. The molecule has 0 saturated carbocycles. The Morgan fingerprint density at radius 3 is 2.75 bits per heavy atom. The van der Waals surface area contributed by atoms with Crippen LogP contribution in [-0.2, 0) is 6.61 Å². The van der Waals surface area contributed by atoms with E-state index in [1.54, 1.807) is 0 Å². The molecule has 0 fully saturated rings. The second-order valence-corrected chi connectivity index (χ2v) is 4.69. The summed E-state index contributed by atoms with van der Waals surface area (Å²) in [5.74, 6) is 1.50. The minimum Gasteiger partial charge on any atom is -0.457 e. The maximum absolute atomic E-state index is 9.18. The molecule has 1 aromatic heterocycles. The van der Waals surface area contributed by atoms with E-state index in [1.807, 2.05) is 61.5 Å². The molecule has 1 heterocycles. The first kappa shape index (κ1) is 12.6. The van der Waals surface area contributed by atoms with Crippen molar-refractivity contribution in [3.63, 3.8) is 0 Å². The highest BCUT2D eigenvalue weighted by atomic mass is 16.5. The molecule has 3 nitrogen and oxygen atoms in total. The smallest absolute Gasteiger partial charge is 0.138 e. The van der Waals surface area contributed by atoms with Crippen molar-refractivity contribution in [1.82, 2.24) is 4.98 Å². The zero-order chi connectivity index (χ0) is 13.9. The van der Waals surface area contributed by atoms with Gasteiger partial charge >= 0.3 is 0 Å². The monoisotopic (exact) mass is 265 g/mol. The van der Waals surface area contributed by atoms with E-state index in [-0.39, 0.29) is 6.61 Å². The first-order chi connectivity index (χ1) is 9.76. The molecule has 3 rings (SSSR count). The minimum atomic E-state index is 0.00726. The van der Waals surface area contributed by atoms with Crippen molar-refractivity contribution < 1.29 is 9.84 Å². The summed E-state index contributed by atoms with van der Waals surface area (Å²) in [7, 11) is 0. The van der Waals surface area contributed by atoms with Gasteiger partial charge in [0.25, 0.3) is 0 Å². The highest BCUT2D eigenvalue weighted by Crippen LogP contribution is 2.30. The third-order valence-electron chi connectivity index (χ3n) is 3.12. The van der Waals surface area contributed by atoms with Crippen LogP contribution in [-0.4, -0.2) is 10.1 Å². The molecule has 0 saturated heterocycles. The Balaban J connectivity index is 2.05. The topological polar surface area (TPSA) is 42.4 Å². The van der Waals surface area contributed by atoms with Crippen LogP contribution in [0.3, 0.4) is 0 Å². The summed E-state index contributed by atoms with van der Waals surface area (Å²) in [5.41, 5.74) is 2.66. The highest BCUT2D eigenvalue weighted by Gasteiger charge is 2.06. The summed E-state index contributed by atoms with van der Waals surface area (Å²) >= 11 is 0. The van der Waals surface area contributed by atoms with E-state index in [4.69, 9.17) is 4.74 Å². The van der Waals surface area contributed by atoms with Gasteiger partial charge in [0.2, 0.25) is 0 Å². The number of hydrogen-bond donors (Lipinski definition) is 1. The Morgan fingerprint density at radius 1 is 1.05 bits per heavy atom. The van der Waals surface area contributed by atoms with Gasteiger partial charge in [-0.05, 0) is 36.8 Å². The predicted molar refractivity (Wildman–Crippen MR) is 78.9 cm³/mol. The number of nitrogens with zero attached hydrogens (tertiary/aromatic N) is 1. The molecule has 3 heteroatoms. The highest BCUT2D eigenvalue weighted by molar-refractivity contribution is 5.85. The molecule has 0 atom stereocenters. The lowest BCUT2D eigenvalue weighted by molar-refractivity contribution is 0.281. The molecular weight excluding hydrogens is 250 g/mol.